The molecular formula is C9H12F3NO4. The van der Waals surface area contributed by atoms with Gasteiger partial charge in [-0.1, -0.05) is 0 Å². The third-order valence-corrected chi connectivity index (χ3v) is 2.63. The number of hydrogen-bond donors (Lipinski definition) is 0. The molecule has 0 bridgehead atoms. The van der Waals surface area contributed by atoms with E-state index in [1.165, 1.54) is 0 Å². The zero-order valence-electron chi connectivity index (χ0n) is 9.50. The summed E-state index contributed by atoms with van der Waals surface area (Å²) in [6.07, 6.45) is -4.79. The van der Waals surface area contributed by atoms with E-state index in [2.05, 4.69) is 9.47 Å². The summed E-state index contributed by atoms with van der Waals surface area (Å²) in [5, 5.41) is 0. The van der Waals surface area contributed by atoms with Gasteiger partial charge in [0.2, 0.25) is 11.6 Å². The Morgan fingerprint density at radius 2 is 2.00 bits per heavy atom. The molecule has 1 amide bonds. The van der Waals surface area contributed by atoms with Crippen LogP contribution in [-0.4, -0.2) is 48.4 Å². The first-order valence-corrected chi connectivity index (χ1v) is 4.73. The van der Waals surface area contributed by atoms with Crippen molar-refractivity contribution in [1.82, 2.24) is 4.90 Å². The zero-order valence-corrected chi connectivity index (χ0v) is 9.50. The molecule has 0 N–H and O–H groups in total. The van der Waals surface area contributed by atoms with Crippen molar-refractivity contribution in [2.75, 3.05) is 13.7 Å². The second-order valence-electron chi connectivity index (χ2n) is 3.72. The van der Waals surface area contributed by atoms with Gasteiger partial charge in [-0.15, -0.1) is 0 Å². The number of carbonyl (C=O) groups excluding carboxylic acids is 2. The van der Waals surface area contributed by atoms with Crippen molar-refractivity contribution >= 4 is 11.9 Å². The van der Waals surface area contributed by atoms with Gasteiger partial charge in [0.05, 0.1) is 13.7 Å². The summed E-state index contributed by atoms with van der Waals surface area (Å²) in [5.41, 5.74) is -2.79. The highest BCUT2D eigenvalue weighted by atomic mass is 19.4. The average Bonchev–Trinajstić information content (AvgIpc) is 2.55. The molecule has 0 radical (unpaired) electrons. The van der Waals surface area contributed by atoms with Crippen molar-refractivity contribution in [3.05, 3.63) is 0 Å². The van der Waals surface area contributed by atoms with Crippen molar-refractivity contribution in [2.45, 2.75) is 31.8 Å². The van der Waals surface area contributed by atoms with Crippen LogP contribution < -0.4 is 0 Å². The Bertz CT molecular complexity index is 344. The highest BCUT2D eigenvalue weighted by Crippen LogP contribution is 2.41. The van der Waals surface area contributed by atoms with Gasteiger partial charge in [0.15, 0.2) is 6.04 Å². The van der Waals surface area contributed by atoms with Gasteiger partial charge in [0, 0.05) is 6.92 Å². The molecule has 0 aromatic heterocycles. The van der Waals surface area contributed by atoms with Gasteiger partial charge in [-0.2, -0.15) is 13.2 Å². The first-order chi connectivity index (χ1) is 7.65. The van der Waals surface area contributed by atoms with Crippen molar-refractivity contribution < 1.29 is 32.2 Å². The van der Waals surface area contributed by atoms with Gasteiger partial charge in [-0.05, 0) is 6.92 Å². The SMILES string of the molecule is COC(=O)[C@@H]1COC(C)(C(F)(F)F)N1C(C)=O. The molecule has 0 aromatic rings. The maximum Gasteiger partial charge on any atom is 0.436 e. The molecule has 1 aliphatic rings. The van der Waals surface area contributed by atoms with E-state index in [0.29, 0.717) is 11.8 Å². The Morgan fingerprint density at radius 3 is 2.35 bits per heavy atom. The summed E-state index contributed by atoms with van der Waals surface area (Å²) >= 11 is 0. The lowest BCUT2D eigenvalue weighted by atomic mass is 10.1. The van der Waals surface area contributed by atoms with Crippen LogP contribution in [0.25, 0.3) is 0 Å². The zero-order chi connectivity index (χ0) is 13.4. The van der Waals surface area contributed by atoms with E-state index in [1.807, 2.05) is 0 Å². The molecule has 1 unspecified atom stereocenters. The number of esters is 1. The molecule has 1 heterocycles. The highest BCUT2D eigenvalue weighted by Gasteiger charge is 2.64. The summed E-state index contributed by atoms with van der Waals surface area (Å²) in [6, 6.07) is -1.37. The monoisotopic (exact) mass is 255 g/mol. The first-order valence-electron chi connectivity index (χ1n) is 4.73. The molecule has 1 aliphatic heterocycles. The standard InChI is InChI=1S/C9H12F3NO4/c1-5(14)13-6(7(15)16-3)4-17-8(13,2)9(10,11)12/h6H,4H2,1-3H3/t6-,8?/m0/s1. The van der Waals surface area contributed by atoms with Crippen molar-refractivity contribution in [1.29, 1.82) is 0 Å². The van der Waals surface area contributed by atoms with E-state index in [9.17, 15) is 22.8 Å². The van der Waals surface area contributed by atoms with E-state index in [-0.39, 0.29) is 0 Å². The molecule has 0 aliphatic carbocycles. The Kier molecular flexibility index (Phi) is 3.37. The second kappa shape index (κ2) is 4.17. The number of nitrogens with zero attached hydrogens (tertiary/aromatic N) is 1. The van der Waals surface area contributed by atoms with Crippen LogP contribution in [-0.2, 0) is 19.1 Å². The number of ether oxygens (including phenoxy) is 2. The van der Waals surface area contributed by atoms with Crippen molar-refractivity contribution in [3.63, 3.8) is 0 Å². The molecule has 17 heavy (non-hydrogen) atoms. The van der Waals surface area contributed by atoms with Gasteiger partial charge in [0.1, 0.15) is 0 Å². The number of rotatable bonds is 1. The number of amides is 1. The number of halogens is 3. The molecule has 5 nitrogen and oxygen atoms in total. The lowest BCUT2D eigenvalue weighted by Crippen LogP contribution is -2.59. The fourth-order valence-corrected chi connectivity index (χ4v) is 1.73. The van der Waals surface area contributed by atoms with Crippen LogP contribution >= 0.6 is 0 Å². The summed E-state index contributed by atoms with van der Waals surface area (Å²) < 4.78 is 47.4. The molecule has 8 heteroatoms. The van der Waals surface area contributed by atoms with E-state index < -0.39 is 36.4 Å². The van der Waals surface area contributed by atoms with Crippen molar-refractivity contribution in [3.8, 4) is 0 Å². The Labute approximate surface area is 95.5 Å². The van der Waals surface area contributed by atoms with Crippen LogP contribution in [0.4, 0.5) is 13.2 Å². The van der Waals surface area contributed by atoms with Crippen LogP contribution in [0.2, 0.25) is 0 Å². The van der Waals surface area contributed by atoms with Gasteiger partial charge in [-0.25, -0.2) is 4.79 Å². The third kappa shape index (κ3) is 2.08. The largest absolute Gasteiger partial charge is 0.467 e. The van der Waals surface area contributed by atoms with Gasteiger partial charge in [-0.3, -0.25) is 9.69 Å². The van der Waals surface area contributed by atoms with Crippen LogP contribution in [0.5, 0.6) is 0 Å². The van der Waals surface area contributed by atoms with Crippen LogP contribution in [0.3, 0.4) is 0 Å². The number of alkyl halides is 3. The number of methoxy groups -OCH3 is 1. The molecule has 1 saturated heterocycles. The van der Waals surface area contributed by atoms with E-state index in [1.54, 1.807) is 0 Å². The molecule has 1 fully saturated rings. The normalized spacial score (nSPS) is 29.3. The number of carbonyl (C=O) groups is 2. The number of hydrogen-bond acceptors (Lipinski definition) is 4. The summed E-state index contributed by atoms with van der Waals surface area (Å²) in [6.45, 7) is 1.11. The molecule has 98 valence electrons. The maximum atomic E-state index is 12.8. The van der Waals surface area contributed by atoms with Crippen LogP contribution in [0, 0.1) is 0 Å². The Morgan fingerprint density at radius 1 is 1.47 bits per heavy atom. The third-order valence-electron chi connectivity index (χ3n) is 2.63. The van der Waals surface area contributed by atoms with Crippen molar-refractivity contribution in [2.24, 2.45) is 0 Å². The molecule has 0 spiro atoms. The summed E-state index contributed by atoms with van der Waals surface area (Å²) in [7, 11) is 1.03. The fourth-order valence-electron chi connectivity index (χ4n) is 1.73. The van der Waals surface area contributed by atoms with E-state index in [0.717, 1.165) is 14.0 Å². The second-order valence-corrected chi connectivity index (χ2v) is 3.72. The lowest BCUT2D eigenvalue weighted by molar-refractivity contribution is -0.292. The minimum Gasteiger partial charge on any atom is -0.467 e. The minimum atomic E-state index is -4.79. The molecular weight excluding hydrogens is 243 g/mol. The van der Waals surface area contributed by atoms with Gasteiger partial charge >= 0.3 is 12.1 Å². The van der Waals surface area contributed by atoms with Crippen LogP contribution in [0.15, 0.2) is 0 Å². The van der Waals surface area contributed by atoms with Gasteiger partial charge in [0.25, 0.3) is 0 Å². The molecule has 1 rings (SSSR count). The maximum absolute atomic E-state index is 12.8. The van der Waals surface area contributed by atoms with Crippen LogP contribution in [0.1, 0.15) is 13.8 Å². The van der Waals surface area contributed by atoms with E-state index in [4.69, 9.17) is 0 Å². The average molecular weight is 255 g/mol. The topological polar surface area (TPSA) is 55.8 Å². The van der Waals surface area contributed by atoms with E-state index >= 15 is 0 Å². The predicted molar refractivity (Wildman–Crippen MR) is 48.7 cm³/mol. The summed E-state index contributed by atoms with van der Waals surface area (Å²) in [5.74, 6) is -1.84. The highest BCUT2D eigenvalue weighted by molar-refractivity contribution is 5.84. The molecule has 0 aromatic carbocycles. The molecule has 2 atom stereocenters. The smallest absolute Gasteiger partial charge is 0.436 e. The predicted octanol–water partition coefficient (Wildman–Crippen LogP) is 0.685. The quantitative estimate of drug-likeness (QED) is 0.647. The summed E-state index contributed by atoms with van der Waals surface area (Å²) in [4.78, 5) is 22.9. The first kappa shape index (κ1) is 13.8. The Hall–Kier alpha value is -1.31. The molecule has 0 saturated carbocycles. The Balaban J connectivity index is 3.13. The fraction of sp³-hybridized carbons (Fsp3) is 0.778. The lowest BCUT2D eigenvalue weighted by Gasteiger charge is -2.36. The minimum absolute atomic E-state index is 0.360. The van der Waals surface area contributed by atoms with Gasteiger partial charge < -0.3 is 9.47 Å².